The molecule has 4 rings (SSSR count). The van der Waals surface area contributed by atoms with Crippen LogP contribution >= 0.6 is 15.9 Å². The van der Waals surface area contributed by atoms with E-state index in [1.54, 1.807) is 17.9 Å². The van der Waals surface area contributed by atoms with E-state index in [1.165, 1.54) is 4.90 Å². The Labute approximate surface area is 201 Å². The second-order valence-corrected chi connectivity index (χ2v) is 9.84. The monoisotopic (exact) mass is 520 g/mol. The van der Waals surface area contributed by atoms with Crippen LogP contribution in [0.4, 0.5) is 0 Å². The molecule has 1 aromatic carbocycles. The van der Waals surface area contributed by atoms with Gasteiger partial charge in [-0.2, -0.15) is 0 Å². The largest absolute Gasteiger partial charge is 0.466 e. The number of halogens is 1. The van der Waals surface area contributed by atoms with Crippen molar-refractivity contribution >= 4 is 33.7 Å². The van der Waals surface area contributed by atoms with E-state index >= 15 is 0 Å². The molecule has 0 aromatic heterocycles. The molecule has 2 amide bonds. The van der Waals surface area contributed by atoms with Crippen LogP contribution in [0.5, 0.6) is 0 Å². The van der Waals surface area contributed by atoms with Crippen LogP contribution in [0.1, 0.15) is 18.9 Å². The highest BCUT2D eigenvalue weighted by molar-refractivity contribution is 9.09. The predicted octanol–water partition coefficient (Wildman–Crippen LogP) is 1.50. The van der Waals surface area contributed by atoms with Crippen LogP contribution in [0.25, 0.3) is 0 Å². The fraction of sp³-hybridized carbons (Fsp3) is 0.542. The van der Waals surface area contributed by atoms with Crippen molar-refractivity contribution in [1.29, 1.82) is 0 Å². The molecule has 3 aliphatic heterocycles. The SMILES string of the molecule is C=CCN(Cc1ccccc1)C(=O)C1N(CCO)C(=O)[C@@H]2[C@@H](C(=O)OCC)[C@@H]3OC12CC3Br. The van der Waals surface area contributed by atoms with Gasteiger partial charge in [-0.25, -0.2) is 0 Å². The van der Waals surface area contributed by atoms with Crippen molar-refractivity contribution in [3.63, 3.8) is 0 Å². The molecular formula is C24H29BrN2O6. The summed E-state index contributed by atoms with van der Waals surface area (Å²) < 4.78 is 11.6. The van der Waals surface area contributed by atoms with E-state index < -0.39 is 35.6 Å². The highest BCUT2D eigenvalue weighted by Crippen LogP contribution is 2.60. The normalized spacial score (nSPS) is 32.0. The zero-order valence-electron chi connectivity index (χ0n) is 18.6. The van der Waals surface area contributed by atoms with Gasteiger partial charge in [0, 0.05) is 24.5 Å². The number of nitrogens with zero attached hydrogens (tertiary/aromatic N) is 2. The molecule has 3 fully saturated rings. The first-order valence-corrected chi connectivity index (χ1v) is 12.1. The number of carbonyl (C=O) groups is 3. The molecular weight excluding hydrogens is 492 g/mol. The van der Waals surface area contributed by atoms with Gasteiger partial charge in [-0.1, -0.05) is 52.3 Å². The zero-order valence-corrected chi connectivity index (χ0v) is 20.1. The quantitative estimate of drug-likeness (QED) is 0.301. The Balaban J connectivity index is 1.72. The minimum atomic E-state index is -1.16. The van der Waals surface area contributed by atoms with Gasteiger partial charge < -0.3 is 24.4 Å². The van der Waals surface area contributed by atoms with Crippen LogP contribution in [-0.4, -0.2) is 81.6 Å². The van der Waals surface area contributed by atoms with Crippen LogP contribution in [0, 0.1) is 11.8 Å². The second kappa shape index (κ2) is 9.56. The summed E-state index contributed by atoms with van der Waals surface area (Å²) in [4.78, 5) is 43.2. The lowest BCUT2D eigenvalue weighted by Crippen LogP contribution is -2.56. The number of ether oxygens (including phenoxy) is 2. The third kappa shape index (κ3) is 3.90. The van der Waals surface area contributed by atoms with Gasteiger partial charge in [-0.3, -0.25) is 14.4 Å². The Morgan fingerprint density at radius 3 is 2.76 bits per heavy atom. The van der Waals surface area contributed by atoms with Crippen LogP contribution in [-0.2, 0) is 30.4 Å². The molecule has 178 valence electrons. The number of β-amino-alcohol motifs (C(OH)–C–C–N with tert-alkyl or cyclic N) is 1. The molecule has 3 unspecified atom stereocenters. The van der Waals surface area contributed by atoms with Crippen molar-refractivity contribution in [2.75, 3.05) is 26.3 Å². The fourth-order valence-corrected chi connectivity index (χ4v) is 6.57. The third-order valence-corrected chi connectivity index (χ3v) is 7.64. The summed E-state index contributed by atoms with van der Waals surface area (Å²) in [6.45, 7) is 6.00. The Morgan fingerprint density at radius 2 is 2.12 bits per heavy atom. The van der Waals surface area contributed by atoms with Crippen molar-refractivity contribution in [3.8, 4) is 0 Å². The summed E-state index contributed by atoms with van der Waals surface area (Å²) in [6, 6.07) is 8.62. The van der Waals surface area contributed by atoms with Crippen molar-refractivity contribution in [3.05, 3.63) is 48.6 Å². The lowest BCUT2D eigenvalue weighted by atomic mass is 9.70. The van der Waals surface area contributed by atoms with Crippen molar-refractivity contribution in [2.24, 2.45) is 11.8 Å². The summed E-state index contributed by atoms with van der Waals surface area (Å²) in [5.74, 6) is -2.74. The summed E-state index contributed by atoms with van der Waals surface area (Å²) in [6.07, 6.45) is 1.51. The Kier molecular flexibility index (Phi) is 6.93. The lowest BCUT2D eigenvalue weighted by Gasteiger charge is -2.37. The topological polar surface area (TPSA) is 96.4 Å². The van der Waals surface area contributed by atoms with E-state index in [2.05, 4.69) is 22.5 Å². The molecule has 3 aliphatic rings. The van der Waals surface area contributed by atoms with Crippen LogP contribution in [0.2, 0.25) is 0 Å². The highest BCUT2D eigenvalue weighted by Gasteiger charge is 2.77. The van der Waals surface area contributed by atoms with E-state index in [0.717, 1.165) is 5.56 Å². The number of aliphatic hydroxyl groups is 1. The number of alkyl halides is 1. The summed E-state index contributed by atoms with van der Waals surface area (Å²) in [5, 5.41) is 9.69. The number of likely N-dealkylation sites (tertiary alicyclic amines) is 1. The molecule has 0 radical (unpaired) electrons. The third-order valence-electron chi connectivity index (χ3n) is 6.80. The maximum Gasteiger partial charge on any atom is 0.312 e. The Hall–Kier alpha value is -2.23. The van der Waals surface area contributed by atoms with E-state index in [-0.39, 0.29) is 42.9 Å². The van der Waals surface area contributed by atoms with Gasteiger partial charge in [-0.15, -0.1) is 6.58 Å². The van der Waals surface area contributed by atoms with Gasteiger partial charge in [0.05, 0.1) is 31.2 Å². The van der Waals surface area contributed by atoms with E-state index in [0.29, 0.717) is 13.0 Å². The molecule has 1 N–H and O–H groups in total. The number of carbonyl (C=O) groups excluding carboxylic acids is 3. The molecule has 3 saturated heterocycles. The minimum Gasteiger partial charge on any atom is -0.466 e. The van der Waals surface area contributed by atoms with Crippen LogP contribution in [0.15, 0.2) is 43.0 Å². The smallest absolute Gasteiger partial charge is 0.312 e. The summed E-state index contributed by atoms with van der Waals surface area (Å²) in [7, 11) is 0. The van der Waals surface area contributed by atoms with E-state index in [1.807, 2.05) is 30.3 Å². The maximum atomic E-state index is 14.0. The van der Waals surface area contributed by atoms with Crippen molar-refractivity contribution < 1.29 is 29.0 Å². The van der Waals surface area contributed by atoms with Crippen LogP contribution < -0.4 is 0 Å². The van der Waals surface area contributed by atoms with E-state index in [4.69, 9.17) is 9.47 Å². The first-order chi connectivity index (χ1) is 15.9. The van der Waals surface area contributed by atoms with Gasteiger partial charge in [0.15, 0.2) is 0 Å². The predicted molar refractivity (Wildman–Crippen MR) is 123 cm³/mol. The number of hydrogen-bond acceptors (Lipinski definition) is 6. The highest BCUT2D eigenvalue weighted by atomic mass is 79.9. The van der Waals surface area contributed by atoms with Gasteiger partial charge in [0.2, 0.25) is 11.8 Å². The molecule has 1 aromatic rings. The molecule has 0 aliphatic carbocycles. The molecule has 33 heavy (non-hydrogen) atoms. The summed E-state index contributed by atoms with van der Waals surface area (Å²) >= 11 is 3.61. The molecule has 8 nitrogen and oxygen atoms in total. The van der Waals surface area contributed by atoms with Gasteiger partial charge in [-0.05, 0) is 18.9 Å². The number of amides is 2. The Morgan fingerprint density at radius 1 is 1.39 bits per heavy atom. The molecule has 6 atom stereocenters. The molecule has 2 bridgehead atoms. The van der Waals surface area contributed by atoms with Crippen LogP contribution in [0.3, 0.4) is 0 Å². The van der Waals surface area contributed by atoms with Gasteiger partial charge in [0.1, 0.15) is 11.6 Å². The van der Waals surface area contributed by atoms with Gasteiger partial charge >= 0.3 is 5.97 Å². The number of esters is 1. The molecule has 3 heterocycles. The average Bonchev–Trinajstić information content (AvgIpc) is 3.38. The molecule has 0 saturated carbocycles. The average molecular weight is 521 g/mol. The second-order valence-electron chi connectivity index (χ2n) is 8.66. The lowest BCUT2D eigenvalue weighted by molar-refractivity contribution is -0.155. The molecule has 1 spiro atoms. The van der Waals surface area contributed by atoms with Crippen molar-refractivity contribution in [1.82, 2.24) is 9.80 Å². The van der Waals surface area contributed by atoms with Gasteiger partial charge in [0.25, 0.3) is 0 Å². The molecule has 9 heteroatoms. The first kappa shape index (κ1) is 23.9. The van der Waals surface area contributed by atoms with Crippen molar-refractivity contribution in [2.45, 2.75) is 42.5 Å². The number of hydrogen-bond donors (Lipinski definition) is 1. The number of aliphatic hydroxyl groups excluding tert-OH is 1. The standard InChI is InChI=1S/C24H29BrN2O6/c1-3-10-26(14-15-8-6-5-7-9-15)22(30)20-24-13-16(25)19(33-24)17(23(31)32-4-2)18(24)21(29)27(20)11-12-28/h3,5-9,16-20,28H,1,4,10-14H2,2H3/t16?,17-,18+,19-,20?,24?/m1/s1. The number of fused-ring (bicyclic) bond motifs is 1. The fourth-order valence-electron chi connectivity index (χ4n) is 5.63. The zero-order chi connectivity index (χ0) is 23.8. The maximum absolute atomic E-state index is 14.0. The number of benzene rings is 1. The first-order valence-electron chi connectivity index (χ1n) is 11.2. The van der Waals surface area contributed by atoms with E-state index in [9.17, 15) is 19.5 Å². The Bertz CT molecular complexity index is 927. The minimum absolute atomic E-state index is 0.0166. The summed E-state index contributed by atoms with van der Waals surface area (Å²) in [5.41, 5.74) is -0.213. The number of rotatable bonds is 9.